The standard InChI is InChI=1S/C16H16ClF3N4O3S/c1-24-8-10(28(26,27)23-15(4-2-5-15)16(18,19)20)12(13(24)14(21)25)9-3-6-22-11(17)7-9/h3,6-8,23H,2,4-5H2,1H3,(H2,21,25). The molecule has 1 aliphatic rings. The molecule has 0 spiro atoms. The molecule has 1 saturated carbocycles. The third kappa shape index (κ3) is 3.38. The minimum Gasteiger partial charge on any atom is -0.364 e. The minimum absolute atomic E-state index is 0.0128. The van der Waals surface area contributed by atoms with Crippen LogP contribution in [-0.4, -0.2) is 35.6 Å². The van der Waals surface area contributed by atoms with Crippen LogP contribution in [0.1, 0.15) is 29.8 Å². The first-order valence-electron chi connectivity index (χ1n) is 8.10. The third-order valence-corrected chi connectivity index (χ3v) is 6.52. The number of aromatic nitrogens is 2. The number of nitrogens with two attached hydrogens (primary N) is 1. The Kier molecular flexibility index (Phi) is 4.97. The van der Waals surface area contributed by atoms with E-state index in [1.54, 1.807) is 4.72 Å². The van der Waals surface area contributed by atoms with Gasteiger partial charge in [-0.3, -0.25) is 4.79 Å². The number of carbonyl (C=O) groups is 1. The van der Waals surface area contributed by atoms with Crippen LogP contribution < -0.4 is 10.5 Å². The SMILES string of the molecule is Cn1cc(S(=O)(=O)NC2(C(F)(F)F)CCC2)c(-c2ccnc(Cl)c2)c1C(N)=O. The summed E-state index contributed by atoms with van der Waals surface area (Å²) >= 11 is 5.85. The minimum atomic E-state index is -4.75. The van der Waals surface area contributed by atoms with Crippen LogP contribution in [0.5, 0.6) is 0 Å². The summed E-state index contributed by atoms with van der Waals surface area (Å²) in [7, 11) is -3.28. The number of sulfonamides is 1. The highest BCUT2D eigenvalue weighted by molar-refractivity contribution is 7.89. The Balaban J connectivity index is 2.19. The van der Waals surface area contributed by atoms with Gasteiger partial charge in [-0.15, -0.1) is 0 Å². The van der Waals surface area contributed by atoms with E-state index in [-0.39, 0.29) is 41.2 Å². The molecule has 28 heavy (non-hydrogen) atoms. The number of rotatable bonds is 5. The van der Waals surface area contributed by atoms with Gasteiger partial charge in [-0.2, -0.15) is 17.9 Å². The van der Waals surface area contributed by atoms with E-state index in [0.717, 1.165) is 10.8 Å². The molecular weight excluding hydrogens is 421 g/mol. The number of nitrogens with one attached hydrogen (secondary N) is 1. The second kappa shape index (κ2) is 6.75. The van der Waals surface area contributed by atoms with Crippen LogP contribution in [0, 0.1) is 0 Å². The second-order valence-corrected chi connectivity index (χ2v) is 8.64. The molecule has 0 saturated heterocycles. The topological polar surface area (TPSA) is 107 Å². The highest BCUT2D eigenvalue weighted by Crippen LogP contribution is 2.46. The van der Waals surface area contributed by atoms with Gasteiger partial charge in [0.15, 0.2) is 0 Å². The maximum Gasteiger partial charge on any atom is 0.407 e. The lowest BCUT2D eigenvalue weighted by Crippen LogP contribution is -2.62. The van der Waals surface area contributed by atoms with Gasteiger partial charge in [0.25, 0.3) is 5.91 Å². The molecule has 12 heteroatoms. The van der Waals surface area contributed by atoms with E-state index in [1.807, 2.05) is 0 Å². The third-order valence-electron chi connectivity index (χ3n) is 4.76. The van der Waals surface area contributed by atoms with Gasteiger partial charge in [0, 0.05) is 25.0 Å². The van der Waals surface area contributed by atoms with Crippen LogP contribution in [0.2, 0.25) is 5.15 Å². The second-order valence-electron chi connectivity index (χ2n) is 6.60. The zero-order valence-corrected chi connectivity index (χ0v) is 16.1. The zero-order valence-electron chi connectivity index (χ0n) is 14.5. The maximum atomic E-state index is 13.5. The van der Waals surface area contributed by atoms with Crippen molar-refractivity contribution in [1.29, 1.82) is 0 Å². The fourth-order valence-corrected chi connectivity index (χ4v) is 5.12. The van der Waals surface area contributed by atoms with Crippen LogP contribution in [-0.2, 0) is 17.1 Å². The number of halogens is 4. The molecule has 1 fully saturated rings. The lowest BCUT2D eigenvalue weighted by Gasteiger charge is -2.43. The van der Waals surface area contributed by atoms with Crippen molar-refractivity contribution in [3.8, 4) is 11.1 Å². The highest BCUT2D eigenvalue weighted by atomic mass is 35.5. The first kappa shape index (κ1) is 20.6. The number of hydrogen-bond acceptors (Lipinski definition) is 4. The van der Waals surface area contributed by atoms with E-state index >= 15 is 0 Å². The molecule has 152 valence electrons. The van der Waals surface area contributed by atoms with Gasteiger partial charge in [-0.1, -0.05) is 11.6 Å². The number of carbonyl (C=O) groups excluding carboxylic acids is 1. The van der Waals surface area contributed by atoms with Crippen LogP contribution in [0.4, 0.5) is 13.2 Å². The summed E-state index contributed by atoms with van der Waals surface area (Å²) in [6, 6.07) is 2.68. The monoisotopic (exact) mass is 436 g/mol. The molecule has 0 radical (unpaired) electrons. The summed E-state index contributed by atoms with van der Waals surface area (Å²) in [4.78, 5) is 15.2. The van der Waals surface area contributed by atoms with Crippen molar-refractivity contribution in [2.24, 2.45) is 12.8 Å². The lowest BCUT2D eigenvalue weighted by molar-refractivity contribution is -0.212. The molecule has 3 rings (SSSR count). The Morgan fingerprint density at radius 1 is 1.39 bits per heavy atom. The number of hydrogen-bond donors (Lipinski definition) is 2. The predicted molar refractivity (Wildman–Crippen MR) is 95.1 cm³/mol. The lowest BCUT2D eigenvalue weighted by atomic mass is 9.77. The number of pyridine rings is 1. The van der Waals surface area contributed by atoms with Gasteiger partial charge in [-0.25, -0.2) is 13.4 Å². The maximum absolute atomic E-state index is 13.5. The van der Waals surface area contributed by atoms with E-state index in [2.05, 4.69) is 4.98 Å². The smallest absolute Gasteiger partial charge is 0.364 e. The van der Waals surface area contributed by atoms with Gasteiger partial charge in [0.1, 0.15) is 21.3 Å². The highest BCUT2D eigenvalue weighted by Gasteiger charge is 2.60. The van der Waals surface area contributed by atoms with Crippen molar-refractivity contribution in [3.05, 3.63) is 35.4 Å². The molecular formula is C16H16ClF3N4O3S. The predicted octanol–water partition coefficient (Wildman–Crippen LogP) is 2.60. The molecule has 1 amide bonds. The molecule has 0 aliphatic heterocycles. The number of alkyl halides is 3. The normalized spacial score (nSPS) is 16.6. The van der Waals surface area contributed by atoms with Crippen LogP contribution in [0.25, 0.3) is 11.1 Å². The largest absolute Gasteiger partial charge is 0.407 e. The van der Waals surface area contributed by atoms with E-state index in [4.69, 9.17) is 17.3 Å². The molecule has 7 nitrogen and oxygen atoms in total. The zero-order chi connectivity index (χ0) is 20.9. The average Bonchev–Trinajstić information content (AvgIpc) is 2.88. The first-order chi connectivity index (χ1) is 12.9. The van der Waals surface area contributed by atoms with Gasteiger partial charge < -0.3 is 10.3 Å². The van der Waals surface area contributed by atoms with E-state index in [0.29, 0.717) is 0 Å². The van der Waals surface area contributed by atoms with Crippen molar-refractivity contribution in [1.82, 2.24) is 14.3 Å². The van der Waals surface area contributed by atoms with Crippen LogP contribution in [0.15, 0.2) is 29.4 Å². The van der Waals surface area contributed by atoms with Crippen LogP contribution in [0.3, 0.4) is 0 Å². The average molecular weight is 437 g/mol. The molecule has 0 atom stereocenters. The van der Waals surface area contributed by atoms with Gasteiger partial charge in [-0.05, 0) is 37.0 Å². The molecule has 2 aromatic rings. The van der Waals surface area contributed by atoms with Crippen molar-refractivity contribution >= 4 is 27.5 Å². The fraction of sp³-hybridized carbons (Fsp3) is 0.375. The van der Waals surface area contributed by atoms with Gasteiger partial charge in [0.2, 0.25) is 10.0 Å². The van der Waals surface area contributed by atoms with Crippen LogP contribution >= 0.6 is 11.6 Å². The molecule has 1 aliphatic carbocycles. The molecule has 2 aromatic heterocycles. The van der Waals surface area contributed by atoms with Crippen molar-refractivity contribution in [2.75, 3.05) is 0 Å². The van der Waals surface area contributed by atoms with Gasteiger partial charge in [0.05, 0.1) is 0 Å². The van der Waals surface area contributed by atoms with E-state index in [9.17, 15) is 26.4 Å². The Labute approximate surface area is 163 Å². The summed E-state index contributed by atoms with van der Waals surface area (Å²) in [5.41, 5.74) is 2.72. The summed E-state index contributed by atoms with van der Waals surface area (Å²) < 4.78 is 69.2. The fourth-order valence-electron chi connectivity index (χ4n) is 3.22. The van der Waals surface area contributed by atoms with E-state index in [1.165, 1.54) is 25.4 Å². The molecule has 0 bridgehead atoms. The number of aryl methyl sites for hydroxylation is 1. The summed E-state index contributed by atoms with van der Waals surface area (Å²) in [6.07, 6.45) is -2.89. The quantitative estimate of drug-likeness (QED) is 0.702. The Bertz CT molecular complexity index is 1050. The Morgan fingerprint density at radius 3 is 2.50 bits per heavy atom. The van der Waals surface area contributed by atoms with Crippen molar-refractivity contribution in [2.45, 2.75) is 35.9 Å². The summed E-state index contributed by atoms with van der Waals surface area (Å²) in [5.74, 6) is -0.943. The Hall–Kier alpha value is -2.11. The number of primary amides is 1. The van der Waals surface area contributed by atoms with Crippen molar-refractivity contribution in [3.63, 3.8) is 0 Å². The number of amides is 1. The molecule has 0 unspecified atom stereocenters. The molecule has 3 N–H and O–H groups in total. The van der Waals surface area contributed by atoms with Crippen molar-refractivity contribution < 1.29 is 26.4 Å². The van der Waals surface area contributed by atoms with Gasteiger partial charge >= 0.3 is 6.18 Å². The Morgan fingerprint density at radius 2 is 2.04 bits per heavy atom. The number of nitrogens with zero attached hydrogens (tertiary/aromatic N) is 2. The van der Waals surface area contributed by atoms with E-state index < -0.39 is 32.5 Å². The molecule has 0 aromatic carbocycles. The molecule has 2 heterocycles. The summed E-state index contributed by atoms with van der Waals surface area (Å²) in [6.45, 7) is 0. The first-order valence-corrected chi connectivity index (χ1v) is 9.96. The summed E-state index contributed by atoms with van der Waals surface area (Å²) in [5, 5.41) is 0.0128.